The highest BCUT2D eigenvalue weighted by Crippen LogP contribution is 2.23. The highest BCUT2D eigenvalue weighted by molar-refractivity contribution is 5.60. The van der Waals surface area contributed by atoms with Crippen LogP contribution >= 0.6 is 0 Å². The first-order valence-corrected chi connectivity index (χ1v) is 6.95. The van der Waals surface area contributed by atoms with Crippen molar-refractivity contribution < 1.29 is 0 Å². The molecule has 0 saturated carbocycles. The Hall–Kier alpha value is -2.52. The zero-order chi connectivity index (χ0) is 14.8. The summed E-state index contributed by atoms with van der Waals surface area (Å²) in [5.41, 5.74) is 8.72. The first kappa shape index (κ1) is 13.5. The average Bonchev–Trinajstić information content (AvgIpc) is 2.94. The molecule has 0 aliphatic carbocycles. The van der Waals surface area contributed by atoms with Crippen LogP contribution in [-0.2, 0) is 0 Å². The number of nitrogens with two attached hydrogens (primary N) is 1. The van der Waals surface area contributed by atoms with Crippen LogP contribution in [0, 0.1) is 11.3 Å². The van der Waals surface area contributed by atoms with E-state index in [2.05, 4.69) is 28.0 Å². The minimum Gasteiger partial charge on any atom is -0.396 e. The van der Waals surface area contributed by atoms with E-state index in [1.54, 1.807) is 17.1 Å². The number of piperazine rings is 1. The molecule has 3 rings (SSSR count). The monoisotopic (exact) mass is 282 g/mol. The molecule has 1 aromatic carbocycles. The number of benzene rings is 1. The second kappa shape index (κ2) is 5.46. The molecule has 2 heterocycles. The highest BCUT2D eigenvalue weighted by Gasteiger charge is 2.16. The molecule has 1 saturated heterocycles. The van der Waals surface area contributed by atoms with Crippen LogP contribution in [-0.4, -0.2) is 47.9 Å². The lowest BCUT2D eigenvalue weighted by Crippen LogP contribution is -2.44. The van der Waals surface area contributed by atoms with Gasteiger partial charge in [0, 0.05) is 31.9 Å². The Bertz CT molecular complexity index is 676. The lowest BCUT2D eigenvalue weighted by Gasteiger charge is -2.34. The standard InChI is InChI=1S/C15H18N6/c1-19-4-6-20(7-5-19)14-2-3-15(12(8-14)9-16)21-11-13(17)10-18-21/h2-3,8,10-11H,4-7,17H2,1H3. The van der Waals surface area contributed by atoms with Crippen LogP contribution in [0.3, 0.4) is 0 Å². The van der Waals surface area contributed by atoms with E-state index < -0.39 is 0 Å². The Morgan fingerprint density at radius 1 is 1.24 bits per heavy atom. The van der Waals surface area contributed by atoms with Crippen molar-refractivity contribution in [3.05, 3.63) is 36.2 Å². The van der Waals surface area contributed by atoms with E-state index in [0.717, 1.165) is 37.6 Å². The molecule has 1 aliphatic rings. The molecule has 0 radical (unpaired) electrons. The molecule has 21 heavy (non-hydrogen) atoms. The number of nitrogen functional groups attached to an aromatic ring is 1. The molecule has 1 fully saturated rings. The number of nitriles is 1. The summed E-state index contributed by atoms with van der Waals surface area (Å²) in [5.74, 6) is 0. The van der Waals surface area contributed by atoms with Crippen molar-refractivity contribution in [2.24, 2.45) is 0 Å². The van der Waals surface area contributed by atoms with Crippen molar-refractivity contribution in [1.29, 1.82) is 5.26 Å². The molecule has 6 nitrogen and oxygen atoms in total. The van der Waals surface area contributed by atoms with Gasteiger partial charge in [0.05, 0.1) is 29.3 Å². The molecule has 0 spiro atoms. The van der Waals surface area contributed by atoms with Gasteiger partial charge >= 0.3 is 0 Å². The summed E-state index contributed by atoms with van der Waals surface area (Å²) < 4.78 is 1.64. The van der Waals surface area contributed by atoms with E-state index in [1.807, 2.05) is 18.2 Å². The number of aromatic nitrogens is 2. The van der Waals surface area contributed by atoms with Gasteiger partial charge < -0.3 is 15.5 Å². The Kier molecular flexibility index (Phi) is 3.50. The summed E-state index contributed by atoms with van der Waals surface area (Å²) in [6, 6.07) is 8.15. The molecular formula is C15H18N6. The fourth-order valence-corrected chi connectivity index (χ4v) is 2.54. The minimum absolute atomic E-state index is 0.585. The number of hydrogen-bond donors (Lipinski definition) is 1. The number of rotatable bonds is 2. The fourth-order valence-electron chi connectivity index (χ4n) is 2.54. The topological polar surface area (TPSA) is 74.1 Å². The van der Waals surface area contributed by atoms with Crippen molar-refractivity contribution in [2.75, 3.05) is 43.9 Å². The van der Waals surface area contributed by atoms with Gasteiger partial charge in [-0.25, -0.2) is 4.68 Å². The SMILES string of the molecule is CN1CCN(c2ccc(-n3cc(N)cn3)c(C#N)c2)CC1. The third kappa shape index (κ3) is 2.69. The van der Waals surface area contributed by atoms with Gasteiger partial charge in [-0.3, -0.25) is 0 Å². The molecule has 1 aromatic heterocycles. The molecule has 0 atom stereocenters. The van der Waals surface area contributed by atoms with Crippen LogP contribution in [0.15, 0.2) is 30.6 Å². The van der Waals surface area contributed by atoms with Crippen LogP contribution in [0.25, 0.3) is 5.69 Å². The first-order valence-electron chi connectivity index (χ1n) is 6.95. The van der Waals surface area contributed by atoms with Gasteiger partial charge in [-0.05, 0) is 25.2 Å². The van der Waals surface area contributed by atoms with E-state index >= 15 is 0 Å². The summed E-state index contributed by atoms with van der Waals surface area (Å²) in [7, 11) is 2.13. The number of nitrogens with zero attached hydrogens (tertiary/aromatic N) is 5. The smallest absolute Gasteiger partial charge is 0.101 e. The van der Waals surface area contributed by atoms with Crippen LogP contribution in [0.5, 0.6) is 0 Å². The van der Waals surface area contributed by atoms with Crippen molar-refractivity contribution >= 4 is 11.4 Å². The molecule has 0 bridgehead atoms. The van der Waals surface area contributed by atoms with E-state index in [-0.39, 0.29) is 0 Å². The van der Waals surface area contributed by atoms with Gasteiger partial charge in [0.1, 0.15) is 6.07 Å². The molecule has 0 unspecified atom stereocenters. The summed E-state index contributed by atoms with van der Waals surface area (Å²) in [4.78, 5) is 4.62. The summed E-state index contributed by atoms with van der Waals surface area (Å²) in [6.45, 7) is 4.05. The fraction of sp³-hybridized carbons (Fsp3) is 0.333. The maximum Gasteiger partial charge on any atom is 0.101 e. The normalized spacial score (nSPS) is 15.9. The molecule has 2 aromatic rings. The molecule has 2 N–H and O–H groups in total. The molecular weight excluding hydrogens is 264 g/mol. The average molecular weight is 282 g/mol. The quantitative estimate of drug-likeness (QED) is 0.892. The van der Waals surface area contributed by atoms with Crippen molar-refractivity contribution in [3.8, 4) is 11.8 Å². The summed E-state index contributed by atoms with van der Waals surface area (Å²) in [6.07, 6.45) is 3.29. The third-order valence-corrected chi connectivity index (χ3v) is 3.82. The van der Waals surface area contributed by atoms with Crippen molar-refractivity contribution in [1.82, 2.24) is 14.7 Å². The highest BCUT2D eigenvalue weighted by atomic mass is 15.3. The maximum absolute atomic E-state index is 9.40. The maximum atomic E-state index is 9.40. The van der Waals surface area contributed by atoms with Crippen molar-refractivity contribution in [2.45, 2.75) is 0 Å². The van der Waals surface area contributed by atoms with Crippen molar-refractivity contribution in [3.63, 3.8) is 0 Å². The second-order valence-electron chi connectivity index (χ2n) is 5.32. The zero-order valence-corrected chi connectivity index (χ0v) is 12.0. The molecule has 1 aliphatic heterocycles. The molecule has 108 valence electrons. The van der Waals surface area contributed by atoms with Crippen LogP contribution in [0.1, 0.15) is 5.56 Å². The molecule has 6 heteroatoms. The molecule has 0 amide bonds. The van der Waals surface area contributed by atoms with E-state index in [4.69, 9.17) is 5.73 Å². The Labute approximate surface area is 124 Å². The Morgan fingerprint density at radius 3 is 2.62 bits per heavy atom. The lowest BCUT2D eigenvalue weighted by molar-refractivity contribution is 0.313. The van der Waals surface area contributed by atoms with Gasteiger partial charge in [-0.1, -0.05) is 0 Å². The Morgan fingerprint density at radius 2 is 2.00 bits per heavy atom. The second-order valence-corrected chi connectivity index (χ2v) is 5.32. The minimum atomic E-state index is 0.585. The van der Waals surface area contributed by atoms with Gasteiger partial charge in [-0.2, -0.15) is 10.4 Å². The van der Waals surface area contributed by atoms with E-state index in [9.17, 15) is 5.26 Å². The van der Waals surface area contributed by atoms with Crippen LogP contribution < -0.4 is 10.6 Å². The van der Waals surface area contributed by atoms with E-state index in [1.165, 1.54) is 0 Å². The zero-order valence-electron chi connectivity index (χ0n) is 12.0. The lowest BCUT2D eigenvalue weighted by atomic mass is 10.1. The van der Waals surface area contributed by atoms with Gasteiger partial charge in [0.25, 0.3) is 0 Å². The largest absolute Gasteiger partial charge is 0.396 e. The van der Waals surface area contributed by atoms with E-state index in [0.29, 0.717) is 11.3 Å². The van der Waals surface area contributed by atoms with Gasteiger partial charge in [0.15, 0.2) is 0 Å². The number of likely N-dealkylation sites (N-methyl/N-ethyl adjacent to an activating group) is 1. The van der Waals surface area contributed by atoms with Gasteiger partial charge in [0.2, 0.25) is 0 Å². The van der Waals surface area contributed by atoms with Gasteiger partial charge in [-0.15, -0.1) is 0 Å². The van der Waals surface area contributed by atoms with Crippen LogP contribution in [0.4, 0.5) is 11.4 Å². The summed E-state index contributed by atoms with van der Waals surface area (Å²) >= 11 is 0. The number of hydrogen-bond acceptors (Lipinski definition) is 5. The number of anilines is 2. The summed E-state index contributed by atoms with van der Waals surface area (Å²) in [5, 5.41) is 13.6. The predicted molar refractivity (Wildman–Crippen MR) is 82.4 cm³/mol. The Balaban J connectivity index is 1.91. The van der Waals surface area contributed by atoms with Crippen LogP contribution in [0.2, 0.25) is 0 Å². The first-order chi connectivity index (χ1) is 10.2. The third-order valence-electron chi connectivity index (χ3n) is 3.82. The predicted octanol–water partition coefficient (Wildman–Crippen LogP) is 1.08.